The molecule has 0 amide bonds. The highest BCUT2D eigenvalue weighted by Gasteiger charge is 2.15. The molecule has 0 aromatic carbocycles. The third kappa shape index (κ3) is 3.76. The van der Waals surface area contributed by atoms with E-state index < -0.39 is 14.7 Å². The maximum atomic E-state index is 12.4. The minimum absolute atomic E-state index is 0.441. The van der Waals surface area contributed by atoms with Crippen LogP contribution in [0.15, 0.2) is 12.0 Å². The summed E-state index contributed by atoms with van der Waals surface area (Å²) in [5.41, 5.74) is -0.441. The summed E-state index contributed by atoms with van der Waals surface area (Å²) in [5, 5.41) is 0. The van der Waals surface area contributed by atoms with Crippen LogP contribution in [0, 0.1) is 0 Å². The van der Waals surface area contributed by atoms with E-state index in [1.165, 1.54) is 0 Å². The van der Waals surface area contributed by atoms with E-state index >= 15 is 0 Å². The molecular formula is C6H13FO2Si. The summed E-state index contributed by atoms with van der Waals surface area (Å²) in [4.78, 5) is 0. The summed E-state index contributed by atoms with van der Waals surface area (Å²) < 4.78 is 22.3. The molecule has 0 heterocycles. The Hall–Kier alpha value is -0.193. The molecule has 0 bridgehead atoms. The molecule has 0 radical (unpaired) electrons. The summed E-state index contributed by atoms with van der Waals surface area (Å²) in [6, 6.07) is 0. The highest BCUT2D eigenvalue weighted by atomic mass is 28.3. The zero-order valence-electron chi connectivity index (χ0n) is 6.39. The summed E-state index contributed by atoms with van der Waals surface area (Å²) in [7, 11) is -2.17. The molecule has 0 N–H and O–H groups in total. The molecular weight excluding hydrogens is 151 g/mol. The predicted molar refractivity (Wildman–Crippen MR) is 40.6 cm³/mol. The molecule has 0 aliphatic carbocycles. The lowest BCUT2D eigenvalue weighted by atomic mass is 10.9. The largest absolute Gasteiger partial charge is 0.392 e. The van der Waals surface area contributed by atoms with Crippen molar-refractivity contribution in [1.82, 2.24) is 0 Å². The summed E-state index contributed by atoms with van der Waals surface area (Å²) in [6.45, 7) is 7.72. The van der Waals surface area contributed by atoms with Crippen LogP contribution in [-0.2, 0) is 8.85 Å². The molecule has 10 heavy (non-hydrogen) atoms. The van der Waals surface area contributed by atoms with Gasteiger partial charge in [0, 0.05) is 13.2 Å². The van der Waals surface area contributed by atoms with Crippen molar-refractivity contribution in [2.45, 2.75) is 13.8 Å². The Morgan fingerprint density at radius 1 is 1.40 bits per heavy atom. The summed E-state index contributed by atoms with van der Waals surface area (Å²) in [6.07, 6.45) is 0. The number of rotatable bonds is 5. The number of hydrogen-bond donors (Lipinski definition) is 0. The maximum Gasteiger partial charge on any atom is 0.384 e. The molecule has 0 aliphatic heterocycles. The van der Waals surface area contributed by atoms with Crippen LogP contribution in [-0.4, -0.2) is 22.5 Å². The molecule has 0 saturated carbocycles. The van der Waals surface area contributed by atoms with Gasteiger partial charge in [0.25, 0.3) is 0 Å². The first-order chi connectivity index (χ1) is 4.72. The van der Waals surface area contributed by atoms with Crippen LogP contribution in [0.5, 0.6) is 0 Å². The fraction of sp³-hybridized carbons (Fsp3) is 0.667. The summed E-state index contributed by atoms with van der Waals surface area (Å²) >= 11 is 0. The smallest absolute Gasteiger partial charge is 0.384 e. The Morgan fingerprint density at radius 3 is 2.00 bits per heavy atom. The van der Waals surface area contributed by atoms with Crippen molar-refractivity contribution >= 4 is 9.28 Å². The molecule has 60 valence electrons. The van der Waals surface area contributed by atoms with Gasteiger partial charge in [0.15, 0.2) is 0 Å². The van der Waals surface area contributed by atoms with E-state index in [0.29, 0.717) is 13.2 Å². The standard InChI is InChI=1S/C6H13FO2Si/c1-4-8-10(6(3)7)9-5-2/h10H,3-5H2,1-2H3. The van der Waals surface area contributed by atoms with Crippen molar-refractivity contribution in [3.05, 3.63) is 12.0 Å². The number of hydrogen-bond acceptors (Lipinski definition) is 2. The molecule has 0 spiro atoms. The minimum atomic E-state index is -2.17. The fourth-order valence-electron chi connectivity index (χ4n) is 0.532. The van der Waals surface area contributed by atoms with E-state index in [4.69, 9.17) is 8.85 Å². The van der Waals surface area contributed by atoms with Gasteiger partial charge in [0.05, 0.1) is 0 Å². The molecule has 0 unspecified atom stereocenters. The molecule has 4 heteroatoms. The van der Waals surface area contributed by atoms with Crippen molar-refractivity contribution < 1.29 is 13.2 Å². The maximum absolute atomic E-state index is 12.4. The summed E-state index contributed by atoms with van der Waals surface area (Å²) in [5.74, 6) is 0. The van der Waals surface area contributed by atoms with E-state index in [2.05, 4.69) is 6.58 Å². The van der Waals surface area contributed by atoms with Gasteiger partial charge in [-0.3, -0.25) is 0 Å². The predicted octanol–water partition coefficient (Wildman–Crippen LogP) is 1.30. The van der Waals surface area contributed by atoms with Gasteiger partial charge in [-0.05, 0) is 13.8 Å². The molecule has 0 aromatic heterocycles. The quantitative estimate of drug-likeness (QED) is 0.570. The van der Waals surface area contributed by atoms with Gasteiger partial charge in [-0.1, -0.05) is 6.58 Å². The van der Waals surface area contributed by atoms with E-state index in [-0.39, 0.29) is 0 Å². The van der Waals surface area contributed by atoms with Crippen LogP contribution in [0.25, 0.3) is 0 Å². The normalized spacial score (nSPS) is 10.4. The molecule has 0 atom stereocenters. The van der Waals surface area contributed by atoms with E-state index in [1.54, 1.807) is 0 Å². The van der Waals surface area contributed by atoms with Gasteiger partial charge in [-0.2, -0.15) is 0 Å². The van der Waals surface area contributed by atoms with Crippen molar-refractivity contribution in [2.24, 2.45) is 0 Å². The van der Waals surface area contributed by atoms with Gasteiger partial charge >= 0.3 is 9.28 Å². The topological polar surface area (TPSA) is 18.5 Å². The Balaban J connectivity index is 3.61. The monoisotopic (exact) mass is 164 g/mol. The lowest BCUT2D eigenvalue weighted by Crippen LogP contribution is -2.23. The molecule has 2 nitrogen and oxygen atoms in total. The second-order valence-electron chi connectivity index (χ2n) is 1.69. The average Bonchev–Trinajstić information content (AvgIpc) is 1.87. The second kappa shape index (κ2) is 5.58. The lowest BCUT2D eigenvalue weighted by Gasteiger charge is -2.10. The first kappa shape index (κ1) is 9.81. The Kier molecular flexibility index (Phi) is 5.47. The lowest BCUT2D eigenvalue weighted by molar-refractivity contribution is 0.214. The average molecular weight is 164 g/mol. The van der Waals surface area contributed by atoms with Crippen LogP contribution in [0.2, 0.25) is 0 Å². The van der Waals surface area contributed by atoms with Gasteiger partial charge in [-0.15, -0.1) is 0 Å². The Morgan fingerprint density at radius 2 is 1.80 bits per heavy atom. The van der Waals surface area contributed by atoms with Gasteiger partial charge in [-0.25, -0.2) is 4.39 Å². The third-order valence-corrected chi connectivity index (χ3v) is 2.68. The van der Waals surface area contributed by atoms with Gasteiger partial charge in [0.1, 0.15) is 5.45 Å². The van der Waals surface area contributed by atoms with Crippen LogP contribution in [0.4, 0.5) is 4.39 Å². The van der Waals surface area contributed by atoms with Crippen LogP contribution in [0.3, 0.4) is 0 Å². The highest BCUT2D eigenvalue weighted by molar-refractivity contribution is 6.52. The van der Waals surface area contributed by atoms with Gasteiger partial charge < -0.3 is 8.85 Å². The van der Waals surface area contributed by atoms with Crippen molar-refractivity contribution in [2.75, 3.05) is 13.2 Å². The van der Waals surface area contributed by atoms with E-state index in [0.717, 1.165) is 0 Å². The molecule has 0 aliphatic rings. The van der Waals surface area contributed by atoms with Crippen molar-refractivity contribution in [3.8, 4) is 0 Å². The van der Waals surface area contributed by atoms with Crippen LogP contribution in [0.1, 0.15) is 13.8 Å². The third-order valence-electron chi connectivity index (χ3n) is 0.892. The molecule has 0 saturated heterocycles. The molecule has 0 fully saturated rings. The van der Waals surface area contributed by atoms with Crippen molar-refractivity contribution in [1.29, 1.82) is 0 Å². The van der Waals surface area contributed by atoms with Crippen molar-refractivity contribution in [3.63, 3.8) is 0 Å². The Labute approximate surface area is 62.5 Å². The fourth-order valence-corrected chi connectivity index (χ4v) is 1.60. The van der Waals surface area contributed by atoms with Gasteiger partial charge in [0.2, 0.25) is 0 Å². The zero-order chi connectivity index (χ0) is 7.98. The number of halogens is 1. The van der Waals surface area contributed by atoms with Crippen LogP contribution >= 0.6 is 0 Å². The Bertz CT molecular complexity index is 102. The first-order valence-corrected chi connectivity index (χ1v) is 4.81. The van der Waals surface area contributed by atoms with E-state index in [9.17, 15) is 4.39 Å². The first-order valence-electron chi connectivity index (χ1n) is 3.29. The minimum Gasteiger partial charge on any atom is -0.392 e. The second-order valence-corrected chi connectivity index (χ2v) is 3.65. The van der Waals surface area contributed by atoms with Crippen LogP contribution < -0.4 is 0 Å². The SMILES string of the molecule is C=C(F)[SiH](OCC)OCC. The molecule has 0 rings (SSSR count). The van der Waals surface area contributed by atoms with E-state index in [1.807, 2.05) is 13.8 Å². The zero-order valence-corrected chi connectivity index (χ0v) is 7.55. The highest BCUT2D eigenvalue weighted by Crippen LogP contribution is 2.02. The molecule has 0 aromatic rings.